The highest BCUT2D eigenvalue weighted by Gasteiger charge is 2.26. The summed E-state index contributed by atoms with van der Waals surface area (Å²) in [5, 5.41) is 9.61. The van der Waals surface area contributed by atoms with E-state index in [0.717, 1.165) is 36.1 Å². The second-order valence-corrected chi connectivity index (χ2v) is 7.45. The van der Waals surface area contributed by atoms with Crippen LogP contribution < -0.4 is 5.73 Å². The van der Waals surface area contributed by atoms with Gasteiger partial charge in [0.15, 0.2) is 0 Å². The number of benzene rings is 2. The third kappa shape index (κ3) is 4.93. The number of primary amides is 1. The maximum atomic E-state index is 11.7. The molecule has 0 radical (unpaired) electrons. The zero-order chi connectivity index (χ0) is 21.0. The number of nitrogens with two attached hydrogens (primary N) is 1. The topological polar surface area (TPSA) is 91.8 Å². The molecule has 7 heteroatoms. The monoisotopic (exact) mass is 396 g/mol. The summed E-state index contributed by atoms with van der Waals surface area (Å²) in [5.41, 5.74) is 7.95. The number of aliphatic hydroxyl groups is 1. The van der Waals surface area contributed by atoms with E-state index < -0.39 is 6.03 Å². The molecule has 1 aromatic carbocycles. The van der Waals surface area contributed by atoms with E-state index in [4.69, 9.17) is 5.73 Å². The van der Waals surface area contributed by atoms with Crippen molar-refractivity contribution in [2.24, 2.45) is 5.73 Å². The molecule has 2 bridgehead atoms. The van der Waals surface area contributed by atoms with E-state index in [1.807, 2.05) is 49.5 Å². The van der Waals surface area contributed by atoms with Crippen LogP contribution in [0.15, 0.2) is 54.6 Å². The van der Waals surface area contributed by atoms with Crippen LogP contribution in [0.3, 0.4) is 0 Å². The Hall–Kier alpha value is -2.90. The Kier molecular flexibility index (Phi) is 6.51. The van der Waals surface area contributed by atoms with Crippen LogP contribution in [-0.2, 0) is 4.79 Å². The van der Waals surface area contributed by atoms with E-state index in [-0.39, 0.29) is 18.1 Å². The van der Waals surface area contributed by atoms with Crippen molar-refractivity contribution in [2.45, 2.75) is 25.5 Å². The molecule has 1 saturated heterocycles. The number of rotatable bonds is 4. The Morgan fingerprint density at radius 1 is 1.14 bits per heavy atom. The van der Waals surface area contributed by atoms with Crippen LogP contribution in [0.2, 0.25) is 0 Å². The Bertz CT molecular complexity index is 892. The molecule has 1 aliphatic heterocycles. The number of carbonyl (C=O) groups excluding carboxylic acids is 2. The Balaban J connectivity index is 0.000000200. The Labute approximate surface area is 170 Å². The minimum atomic E-state index is -0.417. The molecule has 1 aliphatic rings. The molecular weight excluding hydrogens is 368 g/mol. The molecular formula is C22H28N4O3. The quantitative estimate of drug-likeness (QED) is 0.708. The van der Waals surface area contributed by atoms with Crippen molar-refractivity contribution in [1.29, 1.82) is 0 Å². The van der Waals surface area contributed by atoms with E-state index in [1.54, 1.807) is 11.8 Å². The molecule has 2 aromatic heterocycles. The zero-order valence-corrected chi connectivity index (χ0v) is 16.9. The van der Waals surface area contributed by atoms with E-state index >= 15 is 0 Å². The van der Waals surface area contributed by atoms with Crippen molar-refractivity contribution >= 4 is 23.0 Å². The first-order valence-corrected chi connectivity index (χ1v) is 9.75. The van der Waals surface area contributed by atoms with Gasteiger partial charge in [-0.15, -0.1) is 0 Å². The van der Waals surface area contributed by atoms with Crippen molar-refractivity contribution < 1.29 is 14.7 Å². The van der Waals surface area contributed by atoms with Crippen molar-refractivity contribution in [3.63, 3.8) is 0 Å². The maximum Gasteiger partial charge on any atom is 0.323 e. The van der Waals surface area contributed by atoms with Crippen LogP contribution in [-0.4, -0.2) is 64.2 Å². The third-order valence-electron chi connectivity index (χ3n) is 5.41. The number of nitrogens with zero attached hydrogens (tertiary/aromatic N) is 3. The molecule has 0 spiro atoms. The highest BCUT2D eigenvalue weighted by atomic mass is 16.3. The number of carbonyl (C=O) groups is 2. The summed E-state index contributed by atoms with van der Waals surface area (Å²) < 4.78 is 1.47. The fourth-order valence-electron chi connectivity index (χ4n) is 3.72. The van der Waals surface area contributed by atoms with Gasteiger partial charge in [-0.2, -0.15) is 0 Å². The van der Waals surface area contributed by atoms with Crippen LogP contribution >= 0.6 is 0 Å². The van der Waals surface area contributed by atoms with Crippen molar-refractivity contribution in [3.05, 3.63) is 60.2 Å². The first-order valence-electron chi connectivity index (χ1n) is 9.75. The SMILES string of the molecule is CC(=O)N(C)C(CN1CCC(O)C1)c1ccccc1.NC(=O)n1c2ccc1cc2. The standard InChI is InChI=1S/C15H22N2O2.C7H6N2O/c1-12(18)16(2)15(13-6-4-3-5-7-13)11-17-9-8-14(19)10-17;8-7(10)9-5-1-2-6(9)4-3-5/h3-7,14-15,19H,8-11H2,1-2H3;1-4H,(H2,8,10). The average Bonchev–Trinajstić information content (AvgIpc) is 3.42. The molecule has 29 heavy (non-hydrogen) atoms. The van der Waals surface area contributed by atoms with Gasteiger partial charge in [0, 0.05) is 33.6 Å². The van der Waals surface area contributed by atoms with Gasteiger partial charge in [-0.05, 0) is 36.2 Å². The molecule has 3 aromatic rings. The lowest BCUT2D eigenvalue weighted by Crippen LogP contribution is -2.38. The molecule has 0 aliphatic carbocycles. The molecule has 2 amide bonds. The number of aliphatic hydroxyl groups excluding tert-OH is 1. The van der Waals surface area contributed by atoms with Crippen LogP contribution in [0.5, 0.6) is 0 Å². The van der Waals surface area contributed by atoms with E-state index in [2.05, 4.69) is 17.0 Å². The van der Waals surface area contributed by atoms with Gasteiger partial charge in [0.2, 0.25) is 5.91 Å². The predicted molar refractivity (Wildman–Crippen MR) is 113 cm³/mol. The number of fused-ring (bicyclic) bond motifs is 2. The maximum absolute atomic E-state index is 11.7. The first kappa shape index (κ1) is 20.8. The molecule has 1 fully saturated rings. The van der Waals surface area contributed by atoms with Gasteiger partial charge in [0.25, 0.3) is 0 Å². The Morgan fingerprint density at radius 3 is 2.14 bits per heavy atom. The lowest BCUT2D eigenvalue weighted by Gasteiger charge is -2.31. The highest BCUT2D eigenvalue weighted by Crippen LogP contribution is 2.23. The van der Waals surface area contributed by atoms with E-state index in [9.17, 15) is 14.7 Å². The minimum Gasteiger partial charge on any atom is -0.392 e. The Morgan fingerprint density at radius 2 is 1.72 bits per heavy atom. The second-order valence-electron chi connectivity index (χ2n) is 7.45. The molecule has 3 N–H and O–H groups in total. The lowest BCUT2D eigenvalue weighted by atomic mass is 10.1. The molecule has 0 saturated carbocycles. The summed E-state index contributed by atoms with van der Waals surface area (Å²) in [5.74, 6) is 0.0635. The van der Waals surface area contributed by atoms with Gasteiger partial charge in [-0.3, -0.25) is 14.3 Å². The normalized spacial score (nSPS) is 17.7. The molecule has 4 rings (SSSR count). The number of likely N-dealkylation sites (tertiary alicyclic amines) is 1. The predicted octanol–water partition coefficient (Wildman–Crippen LogP) is 2.28. The van der Waals surface area contributed by atoms with Gasteiger partial charge in [0.05, 0.1) is 23.2 Å². The van der Waals surface area contributed by atoms with Gasteiger partial charge in [-0.1, -0.05) is 30.3 Å². The van der Waals surface area contributed by atoms with Gasteiger partial charge >= 0.3 is 6.03 Å². The van der Waals surface area contributed by atoms with Crippen LogP contribution in [0.1, 0.15) is 24.9 Å². The largest absolute Gasteiger partial charge is 0.392 e. The summed E-state index contributed by atoms with van der Waals surface area (Å²) >= 11 is 0. The molecule has 3 heterocycles. The summed E-state index contributed by atoms with van der Waals surface area (Å²) in [6, 6.07) is 17.1. The lowest BCUT2D eigenvalue weighted by molar-refractivity contribution is -0.130. The zero-order valence-electron chi connectivity index (χ0n) is 16.9. The van der Waals surface area contributed by atoms with Gasteiger partial charge in [-0.25, -0.2) is 4.79 Å². The van der Waals surface area contributed by atoms with Crippen LogP contribution in [0.25, 0.3) is 11.0 Å². The average molecular weight is 396 g/mol. The van der Waals surface area contributed by atoms with Crippen molar-refractivity contribution in [3.8, 4) is 0 Å². The molecule has 7 nitrogen and oxygen atoms in total. The molecule has 2 unspecified atom stereocenters. The number of β-amino-alcohol motifs (C(OH)–C–C–N with tert-alkyl or cyclic N) is 1. The summed E-state index contributed by atoms with van der Waals surface area (Å²) in [6.07, 6.45) is 0.602. The van der Waals surface area contributed by atoms with Crippen molar-refractivity contribution in [2.75, 3.05) is 26.7 Å². The van der Waals surface area contributed by atoms with Crippen LogP contribution in [0, 0.1) is 0 Å². The number of amides is 2. The van der Waals surface area contributed by atoms with Gasteiger partial charge < -0.3 is 15.7 Å². The minimum absolute atomic E-state index is 0.0454. The molecule has 2 atom stereocenters. The molecule has 154 valence electrons. The number of likely N-dealkylation sites (N-methyl/N-ethyl adjacent to an activating group) is 1. The van der Waals surface area contributed by atoms with Crippen molar-refractivity contribution in [1.82, 2.24) is 14.4 Å². The summed E-state index contributed by atoms with van der Waals surface area (Å²) in [4.78, 5) is 26.3. The van der Waals surface area contributed by atoms with E-state index in [0.29, 0.717) is 6.54 Å². The number of hydrogen-bond acceptors (Lipinski definition) is 4. The third-order valence-corrected chi connectivity index (χ3v) is 5.41. The highest BCUT2D eigenvalue weighted by molar-refractivity contribution is 5.89. The second kappa shape index (κ2) is 9.07. The summed E-state index contributed by atoms with van der Waals surface area (Å²) in [6.45, 7) is 3.97. The fraction of sp³-hybridized carbons (Fsp3) is 0.364. The van der Waals surface area contributed by atoms with Gasteiger partial charge in [0.1, 0.15) is 0 Å². The number of hydrogen-bond donors (Lipinski definition) is 2. The fourth-order valence-corrected chi connectivity index (χ4v) is 3.72. The first-order chi connectivity index (χ1) is 13.9. The summed E-state index contributed by atoms with van der Waals surface area (Å²) in [7, 11) is 1.84. The smallest absolute Gasteiger partial charge is 0.323 e. The van der Waals surface area contributed by atoms with E-state index in [1.165, 1.54) is 4.57 Å². The van der Waals surface area contributed by atoms with Crippen LogP contribution in [0.4, 0.5) is 4.79 Å². The number of aromatic nitrogens is 1.